The summed E-state index contributed by atoms with van der Waals surface area (Å²) >= 11 is 0. The molecule has 1 aromatic rings. The number of carbonyl (C=O) groups excluding carboxylic acids is 1. The molecule has 21 heavy (non-hydrogen) atoms. The molecule has 2 atom stereocenters. The van der Waals surface area contributed by atoms with E-state index in [1.807, 2.05) is 0 Å². The van der Waals surface area contributed by atoms with Crippen molar-refractivity contribution in [1.29, 1.82) is 0 Å². The second-order valence-electron chi connectivity index (χ2n) is 5.68. The van der Waals surface area contributed by atoms with Gasteiger partial charge in [0, 0.05) is 11.6 Å². The van der Waals surface area contributed by atoms with Gasteiger partial charge in [0.2, 0.25) is 0 Å². The molecule has 0 radical (unpaired) electrons. The Balaban J connectivity index is 2.14. The molecule has 2 unspecified atom stereocenters. The zero-order chi connectivity index (χ0) is 15.4. The molecule has 114 valence electrons. The minimum Gasteiger partial charge on any atom is -0.481 e. The zero-order valence-electron chi connectivity index (χ0n) is 12.1. The largest absolute Gasteiger partial charge is 0.481 e. The zero-order valence-corrected chi connectivity index (χ0v) is 12.1. The van der Waals surface area contributed by atoms with Crippen molar-refractivity contribution in [1.82, 2.24) is 5.32 Å². The molecule has 0 saturated heterocycles. The summed E-state index contributed by atoms with van der Waals surface area (Å²) in [5, 5.41) is 12.1. The highest BCUT2D eigenvalue weighted by Crippen LogP contribution is 2.24. The van der Waals surface area contributed by atoms with Gasteiger partial charge in [0.15, 0.2) is 0 Å². The Labute approximate surface area is 123 Å². The Bertz CT molecular complexity index is 524. The summed E-state index contributed by atoms with van der Waals surface area (Å²) in [5.74, 6) is -2.31. The fraction of sp³-hybridized carbons (Fsp3) is 0.500. The first-order valence-electron chi connectivity index (χ1n) is 7.28. The molecular weight excluding hydrogens is 273 g/mol. The average Bonchev–Trinajstić information content (AvgIpc) is 2.63. The van der Waals surface area contributed by atoms with Crippen LogP contribution in [0.2, 0.25) is 0 Å². The molecule has 0 aromatic heterocycles. The van der Waals surface area contributed by atoms with E-state index < -0.39 is 23.6 Å². The van der Waals surface area contributed by atoms with E-state index in [0.717, 1.165) is 19.3 Å². The average molecular weight is 293 g/mol. The first kappa shape index (κ1) is 15.5. The van der Waals surface area contributed by atoms with Gasteiger partial charge in [-0.15, -0.1) is 0 Å². The van der Waals surface area contributed by atoms with Crippen molar-refractivity contribution >= 4 is 11.9 Å². The number of aryl methyl sites for hydroxylation is 1. The van der Waals surface area contributed by atoms with Gasteiger partial charge in [-0.1, -0.05) is 19.3 Å². The Morgan fingerprint density at radius 1 is 1.19 bits per heavy atom. The van der Waals surface area contributed by atoms with Gasteiger partial charge in [0.05, 0.1) is 5.92 Å². The monoisotopic (exact) mass is 293 g/mol. The van der Waals surface area contributed by atoms with Gasteiger partial charge in [0.25, 0.3) is 5.91 Å². The van der Waals surface area contributed by atoms with Gasteiger partial charge in [-0.25, -0.2) is 4.39 Å². The smallest absolute Gasteiger partial charge is 0.308 e. The molecule has 0 aliphatic heterocycles. The fourth-order valence-electron chi connectivity index (χ4n) is 2.90. The van der Waals surface area contributed by atoms with Crippen molar-refractivity contribution < 1.29 is 19.1 Å². The lowest BCUT2D eigenvalue weighted by Crippen LogP contribution is -2.42. The Kier molecular flexibility index (Phi) is 4.94. The maximum atomic E-state index is 13.4. The number of aliphatic carboxylic acids is 1. The lowest BCUT2D eigenvalue weighted by atomic mass is 9.94. The molecule has 2 N–H and O–H groups in total. The predicted octanol–water partition coefficient (Wildman–Crippen LogP) is 2.90. The molecule has 1 fully saturated rings. The van der Waals surface area contributed by atoms with E-state index in [4.69, 9.17) is 0 Å². The number of nitrogens with one attached hydrogen (secondary N) is 1. The van der Waals surface area contributed by atoms with Crippen LogP contribution in [0.25, 0.3) is 0 Å². The second kappa shape index (κ2) is 6.70. The van der Waals surface area contributed by atoms with E-state index in [9.17, 15) is 19.1 Å². The number of carboxylic acids is 1. The van der Waals surface area contributed by atoms with E-state index in [0.29, 0.717) is 18.4 Å². The summed E-state index contributed by atoms with van der Waals surface area (Å²) in [6.07, 6.45) is 3.97. The normalized spacial score (nSPS) is 22.4. The van der Waals surface area contributed by atoms with E-state index in [2.05, 4.69) is 5.32 Å². The van der Waals surface area contributed by atoms with Crippen LogP contribution in [0.15, 0.2) is 18.2 Å². The molecule has 1 aromatic carbocycles. The fourth-order valence-corrected chi connectivity index (χ4v) is 2.90. The van der Waals surface area contributed by atoms with E-state index >= 15 is 0 Å². The minimum absolute atomic E-state index is 0.237. The summed E-state index contributed by atoms with van der Waals surface area (Å²) < 4.78 is 13.4. The standard InChI is InChI=1S/C16H20FNO3/c1-10-7-11(9-12(17)8-10)15(19)18-14-6-4-2-3-5-13(14)16(20)21/h7-9,13-14H,2-6H2,1H3,(H,18,19)(H,20,21). The number of rotatable bonds is 3. The topological polar surface area (TPSA) is 66.4 Å². The highest BCUT2D eigenvalue weighted by Gasteiger charge is 2.30. The van der Waals surface area contributed by atoms with E-state index in [-0.39, 0.29) is 11.6 Å². The van der Waals surface area contributed by atoms with E-state index in [1.165, 1.54) is 12.1 Å². The van der Waals surface area contributed by atoms with E-state index in [1.54, 1.807) is 13.0 Å². The second-order valence-corrected chi connectivity index (χ2v) is 5.68. The van der Waals surface area contributed by atoms with Crippen LogP contribution in [0.3, 0.4) is 0 Å². The van der Waals surface area contributed by atoms with Crippen molar-refractivity contribution in [2.45, 2.75) is 45.1 Å². The first-order valence-corrected chi connectivity index (χ1v) is 7.28. The summed E-state index contributed by atoms with van der Waals surface area (Å²) in [6.45, 7) is 1.71. The quantitative estimate of drug-likeness (QED) is 0.842. The molecule has 0 bridgehead atoms. The SMILES string of the molecule is Cc1cc(F)cc(C(=O)NC2CCCCCC2C(=O)O)c1. The van der Waals surface area contributed by atoms with Gasteiger partial charge in [-0.05, 0) is 43.5 Å². The summed E-state index contributed by atoms with van der Waals surface area (Å²) in [6, 6.07) is 3.74. The highest BCUT2D eigenvalue weighted by atomic mass is 19.1. The van der Waals surface area contributed by atoms with Gasteiger partial charge >= 0.3 is 5.97 Å². The molecule has 5 heteroatoms. The molecule has 0 heterocycles. The molecule has 1 amide bonds. The van der Waals surface area contributed by atoms with Gasteiger partial charge < -0.3 is 10.4 Å². The molecule has 1 aliphatic carbocycles. The third-order valence-electron chi connectivity index (χ3n) is 3.95. The van der Waals surface area contributed by atoms with Crippen molar-refractivity contribution in [3.63, 3.8) is 0 Å². The molecular formula is C16H20FNO3. The summed E-state index contributed by atoms with van der Waals surface area (Å²) in [4.78, 5) is 23.6. The highest BCUT2D eigenvalue weighted by molar-refractivity contribution is 5.94. The van der Waals surface area contributed by atoms with Crippen LogP contribution in [0.5, 0.6) is 0 Å². The van der Waals surface area contributed by atoms with Crippen LogP contribution in [-0.4, -0.2) is 23.0 Å². The number of hydrogen-bond acceptors (Lipinski definition) is 2. The van der Waals surface area contributed by atoms with Crippen molar-refractivity contribution in [2.75, 3.05) is 0 Å². The lowest BCUT2D eigenvalue weighted by molar-refractivity contribution is -0.142. The maximum Gasteiger partial charge on any atom is 0.308 e. The van der Waals surface area contributed by atoms with Crippen LogP contribution in [0.4, 0.5) is 4.39 Å². The maximum absolute atomic E-state index is 13.4. The van der Waals surface area contributed by atoms with Crippen LogP contribution < -0.4 is 5.32 Å². The van der Waals surface area contributed by atoms with Crippen LogP contribution in [0.1, 0.15) is 48.0 Å². The van der Waals surface area contributed by atoms with Gasteiger partial charge in [0.1, 0.15) is 5.82 Å². The Morgan fingerprint density at radius 2 is 1.90 bits per heavy atom. The van der Waals surface area contributed by atoms with Crippen molar-refractivity contribution in [2.24, 2.45) is 5.92 Å². The number of hydrogen-bond donors (Lipinski definition) is 2. The first-order chi connectivity index (χ1) is 9.97. The van der Waals surface area contributed by atoms with Crippen LogP contribution >= 0.6 is 0 Å². The lowest BCUT2D eigenvalue weighted by Gasteiger charge is -2.23. The molecule has 2 rings (SSSR count). The third-order valence-corrected chi connectivity index (χ3v) is 3.95. The van der Waals surface area contributed by atoms with Gasteiger partial charge in [-0.3, -0.25) is 9.59 Å². The summed E-state index contributed by atoms with van der Waals surface area (Å²) in [7, 11) is 0. The van der Waals surface area contributed by atoms with Crippen molar-refractivity contribution in [3.8, 4) is 0 Å². The number of benzene rings is 1. The minimum atomic E-state index is -0.877. The Hall–Kier alpha value is -1.91. The molecule has 1 saturated carbocycles. The van der Waals surface area contributed by atoms with Crippen LogP contribution in [-0.2, 0) is 4.79 Å². The van der Waals surface area contributed by atoms with Crippen molar-refractivity contribution in [3.05, 3.63) is 35.1 Å². The third kappa shape index (κ3) is 4.03. The number of carbonyl (C=O) groups is 2. The number of carboxylic acid groups (broad SMARTS) is 1. The molecule has 4 nitrogen and oxygen atoms in total. The number of amides is 1. The number of halogens is 1. The van der Waals surface area contributed by atoms with Crippen LogP contribution in [0, 0.1) is 18.7 Å². The van der Waals surface area contributed by atoms with Gasteiger partial charge in [-0.2, -0.15) is 0 Å². The Morgan fingerprint density at radius 3 is 2.57 bits per heavy atom. The summed E-state index contributed by atoms with van der Waals surface area (Å²) in [5.41, 5.74) is 0.900. The molecule has 1 aliphatic rings. The molecule has 0 spiro atoms. The predicted molar refractivity (Wildman–Crippen MR) is 76.6 cm³/mol.